The Morgan fingerprint density at radius 3 is 2.61 bits per heavy atom. The van der Waals surface area contributed by atoms with Gasteiger partial charge in [0, 0.05) is 40.7 Å². The fourth-order valence-electron chi connectivity index (χ4n) is 3.41. The molecule has 0 bridgehead atoms. The van der Waals surface area contributed by atoms with E-state index in [1.165, 1.54) is 19.2 Å². The van der Waals surface area contributed by atoms with Gasteiger partial charge in [0.1, 0.15) is 0 Å². The Kier molecular flexibility index (Phi) is 8.03. The van der Waals surface area contributed by atoms with E-state index in [1.54, 1.807) is 39.8 Å². The van der Waals surface area contributed by atoms with E-state index in [1.807, 2.05) is 0 Å². The van der Waals surface area contributed by atoms with E-state index in [4.69, 9.17) is 14.3 Å². The molecule has 2 rings (SSSR count). The van der Waals surface area contributed by atoms with Gasteiger partial charge < -0.3 is 9.47 Å². The molecule has 10 nitrogen and oxygen atoms in total. The van der Waals surface area contributed by atoms with E-state index in [2.05, 4.69) is 10.5 Å². The molecule has 1 aromatic rings. The Labute approximate surface area is 179 Å². The van der Waals surface area contributed by atoms with Crippen LogP contribution in [-0.4, -0.2) is 42.9 Å². The van der Waals surface area contributed by atoms with Crippen molar-refractivity contribution < 1.29 is 28.8 Å². The first-order valence-electron chi connectivity index (χ1n) is 9.54. The molecule has 0 amide bonds. The summed E-state index contributed by atoms with van der Waals surface area (Å²) in [6.45, 7) is 6.72. The summed E-state index contributed by atoms with van der Waals surface area (Å²) in [5.74, 6) is -1.82. The zero-order valence-electron chi connectivity index (χ0n) is 18.1. The number of nitro benzene ring substituents is 1. The van der Waals surface area contributed by atoms with Crippen molar-refractivity contribution >= 4 is 23.3 Å². The number of rotatable bonds is 8. The van der Waals surface area contributed by atoms with E-state index in [9.17, 15) is 19.7 Å². The smallest absolute Gasteiger partial charge is 0.336 e. The van der Waals surface area contributed by atoms with Gasteiger partial charge >= 0.3 is 11.9 Å². The Morgan fingerprint density at radius 1 is 1.29 bits per heavy atom. The van der Waals surface area contributed by atoms with Gasteiger partial charge in [0.05, 0.1) is 24.2 Å². The summed E-state index contributed by atoms with van der Waals surface area (Å²) in [5, 5.41) is 11.3. The van der Waals surface area contributed by atoms with Gasteiger partial charge in [-0.1, -0.05) is 12.1 Å². The zero-order chi connectivity index (χ0) is 23.1. The van der Waals surface area contributed by atoms with E-state index in [0.717, 1.165) is 0 Å². The minimum absolute atomic E-state index is 0.108. The average molecular weight is 431 g/mol. The highest BCUT2D eigenvalue weighted by atomic mass is 16.7. The minimum atomic E-state index is -0.691. The number of ether oxygens (including phenoxy) is 2. The van der Waals surface area contributed by atoms with Crippen molar-refractivity contribution in [3.8, 4) is 0 Å². The van der Waals surface area contributed by atoms with Gasteiger partial charge in [-0.3, -0.25) is 25.4 Å². The predicted octanol–water partition coefficient (Wildman–Crippen LogP) is 2.96. The van der Waals surface area contributed by atoms with Crippen LogP contribution in [0.4, 0.5) is 5.69 Å². The van der Waals surface area contributed by atoms with Crippen molar-refractivity contribution in [2.75, 3.05) is 20.3 Å². The van der Waals surface area contributed by atoms with Gasteiger partial charge in [-0.2, -0.15) is 0 Å². The number of hydroxylamine groups is 1. The van der Waals surface area contributed by atoms with Crippen molar-refractivity contribution in [2.24, 2.45) is 4.99 Å². The van der Waals surface area contributed by atoms with Crippen molar-refractivity contribution in [3.05, 3.63) is 62.5 Å². The second-order valence-corrected chi connectivity index (χ2v) is 6.71. The fraction of sp³-hybridized carbons (Fsp3) is 0.381. The maximum atomic E-state index is 12.6. The maximum absolute atomic E-state index is 12.6. The molecule has 10 heteroatoms. The standard InChI is InChI=1S/C21H25N3O7/c1-6-30-17(25)11-31-23-14(4)18-12(2)22-13(3)19(21(26)29-5)20(18)15-8-7-9-16(10-15)24(27)28/h7-10,20,23H,6,11H2,1-5H3. The molecule has 0 saturated carbocycles. The average Bonchev–Trinajstić information content (AvgIpc) is 2.72. The van der Waals surface area contributed by atoms with Crippen LogP contribution >= 0.6 is 0 Å². The molecule has 31 heavy (non-hydrogen) atoms. The predicted molar refractivity (Wildman–Crippen MR) is 112 cm³/mol. The molecule has 0 radical (unpaired) electrons. The molecule has 1 atom stereocenters. The molecule has 1 aliphatic heterocycles. The van der Waals surface area contributed by atoms with Gasteiger partial charge in [0.15, 0.2) is 6.61 Å². The first kappa shape index (κ1) is 23.7. The summed E-state index contributed by atoms with van der Waals surface area (Å²) in [5.41, 5.74) is 5.46. The summed E-state index contributed by atoms with van der Waals surface area (Å²) in [4.78, 5) is 44.6. The number of carbonyl (C=O) groups is 2. The third-order valence-electron chi connectivity index (χ3n) is 4.64. The lowest BCUT2D eigenvalue weighted by molar-refractivity contribution is -0.384. The summed E-state index contributed by atoms with van der Waals surface area (Å²) in [6, 6.07) is 6.03. The fourth-order valence-corrected chi connectivity index (χ4v) is 3.41. The van der Waals surface area contributed by atoms with Crippen LogP contribution in [0.25, 0.3) is 0 Å². The van der Waals surface area contributed by atoms with Gasteiger partial charge in [-0.15, -0.1) is 0 Å². The lowest BCUT2D eigenvalue weighted by atomic mass is 9.79. The van der Waals surface area contributed by atoms with Crippen LogP contribution in [-0.2, 0) is 23.9 Å². The second-order valence-electron chi connectivity index (χ2n) is 6.71. The molecule has 0 fully saturated rings. The molecule has 1 heterocycles. The van der Waals surface area contributed by atoms with Crippen molar-refractivity contribution in [1.29, 1.82) is 0 Å². The first-order chi connectivity index (χ1) is 14.7. The SMILES string of the molecule is CCOC(=O)CONC(C)=C1C(C)=NC(C)=C(C(=O)OC)C1c1cccc([N+](=O)[O-])c1. The monoisotopic (exact) mass is 431 g/mol. The molecule has 0 spiro atoms. The van der Waals surface area contributed by atoms with Crippen LogP contribution in [0.15, 0.2) is 51.8 Å². The number of hydrogen-bond acceptors (Lipinski definition) is 9. The molecule has 0 aliphatic carbocycles. The second kappa shape index (κ2) is 10.5. The van der Waals surface area contributed by atoms with Gasteiger partial charge in [-0.05, 0) is 33.3 Å². The zero-order valence-corrected chi connectivity index (χ0v) is 18.1. The van der Waals surface area contributed by atoms with Gasteiger partial charge in [0.25, 0.3) is 5.69 Å². The van der Waals surface area contributed by atoms with Crippen LogP contribution < -0.4 is 5.48 Å². The van der Waals surface area contributed by atoms with Crippen molar-refractivity contribution in [2.45, 2.75) is 33.6 Å². The Bertz CT molecular complexity index is 979. The highest BCUT2D eigenvalue weighted by Gasteiger charge is 2.35. The third-order valence-corrected chi connectivity index (χ3v) is 4.64. The Hall–Kier alpha value is -3.53. The van der Waals surface area contributed by atoms with Crippen LogP contribution in [0.5, 0.6) is 0 Å². The summed E-state index contributed by atoms with van der Waals surface area (Å²) >= 11 is 0. The largest absolute Gasteiger partial charge is 0.466 e. The molecule has 166 valence electrons. The summed E-state index contributed by atoms with van der Waals surface area (Å²) < 4.78 is 9.77. The number of methoxy groups -OCH3 is 1. The van der Waals surface area contributed by atoms with Crippen molar-refractivity contribution in [1.82, 2.24) is 5.48 Å². The van der Waals surface area contributed by atoms with E-state index >= 15 is 0 Å². The molecule has 1 aliphatic rings. The molecule has 1 N–H and O–H groups in total. The highest BCUT2D eigenvalue weighted by molar-refractivity contribution is 6.07. The number of allylic oxidation sites excluding steroid dienone is 3. The molecule has 0 aromatic heterocycles. The van der Waals surface area contributed by atoms with Crippen LogP contribution in [0, 0.1) is 10.1 Å². The van der Waals surface area contributed by atoms with Crippen molar-refractivity contribution in [3.63, 3.8) is 0 Å². The lowest BCUT2D eigenvalue weighted by Crippen LogP contribution is -2.28. The molecule has 1 unspecified atom stereocenters. The number of nitrogens with zero attached hydrogens (tertiary/aromatic N) is 2. The van der Waals surface area contributed by atoms with Crippen LogP contribution in [0.2, 0.25) is 0 Å². The third kappa shape index (κ3) is 5.54. The topological polar surface area (TPSA) is 129 Å². The maximum Gasteiger partial charge on any atom is 0.336 e. The number of hydrogen-bond donors (Lipinski definition) is 1. The number of benzene rings is 1. The molecule has 0 saturated heterocycles. The molecule has 1 aromatic carbocycles. The van der Waals surface area contributed by atoms with Crippen LogP contribution in [0.3, 0.4) is 0 Å². The van der Waals surface area contributed by atoms with Gasteiger partial charge in [0.2, 0.25) is 0 Å². The van der Waals surface area contributed by atoms with E-state index in [-0.39, 0.29) is 24.5 Å². The number of non-ortho nitro benzene ring substituents is 1. The Balaban J connectivity index is 2.55. The summed E-state index contributed by atoms with van der Waals surface area (Å²) in [6.07, 6.45) is 0. The number of nitro groups is 1. The lowest BCUT2D eigenvalue weighted by Gasteiger charge is -2.29. The van der Waals surface area contributed by atoms with Gasteiger partial charge in [-0.25, -0.2) is 9.59 Å². The Morgan fingerprint density at radius 2 is 2.00 bits per heavy atom. The number of nitrogens with one attached hydrogen (secondary N) is 1. The van der Waals surface area contributed by atoms with Crippen LogP contribution in [0.1, 0.15) is 39.2 Å². The van der Waals surface area contributed by atoms with E-state index in [0.29, 0.717) is 28.2 Å². The minimum Gasteiger partial charge on any atom is -0.466 e. The quantitative estimate of drug-likeness (QED) is 0.378. The number of esters is 2. The first-order valence-corrected chi connectivity index (χ1v) is 9.54. The normalized spacial score (nSPS) is 17.6. The van der Waals surface area contributed by atoms with E-state index < -0.39 is 22.8 Å². The molecular formula is C21H25N3O7. The highest BCUT2D eigenvalue weighted by Crippen LogP contribution is 2.40. The molecular weight excluding hydrogens is 406 g/mol. The number of carbonyl (C=O) groups excluding carboxylic acids is 2. The summed E-state index contributed by atoms with van der Waals surface area (Å²) in [7, 11) is 1.26. The number of aliphatic imine (C=N–C) groups is 1.